The summed E-state index contributed by atoms with van der Waals surface area (Å²) in [5, 5.41) is 3.91. The number of benzene rings is 3. The Kier molecular flexibility index (Phi) is 8.39. The van der Waals surface area contributed by atoms with Gasteiger partial charge in [0.25, 0.3) is 5.91 Å². The van der Waals surface area contributed by atoms with Gasteiger partial charge in [-0.2, -0.15) is 5.10 Å². The Labute approximate surface area is 204 Å². The van der Waals surface area contributed by atoms with E-state index in [1.165, 1.54) is 6.21 Å². The number of hydrogen-bond donors (Lipinski definition) is 1. The highest BCUT2D eigenvalue weighted by Gasteiger charge is 2.10. The number of halogens is 3. The maximum absolute atomic E-state index is 12.1. The summed E-state index contributed by atoms with van der Waals surface area (Å²) in [7, 11) is 0. The molecule has 6 nitrogen and oxygen atoms in total. The van der Waals surface area contributed by atoms with Crippen LogP contribution in [0.2, 0.25) is 0 Å². The molecule has 0 atom stereocenters. The molecule has 1 amide bonds. The monoisotopic (exact) mass is 608 g/mol. The average Bonchev–Trinajstić information content (AvgIpc) is 2.75. The third kappa shape index (κ3) is 7.02. The lowest BCUT2D eigenvalue weighted by molar-refractivity contribution is -0.123. The SMILES string of the molecule is O=C(COc1c(Br)cc(Br)cc1Br)N/N=C/c1ccc(OC(=O)c2ccccc2)cc1. The molecule has 158 valence electrons. The molecule has 0 unspecified atom stereocenters. The van der Waals surface area contributed by atoms with Crippen molar-refractivity contribution in [2.24, 2.45) is 5.10 Å². The molecule has 1 N–H and O–H groups in total. The topological polar surface area (TPSA) is 77.0 Å². The Hall–Kier alpha value is -2.49. The van der Waals surface area contributed by atoms with Crippen molar-refractivity contribution in [2.75, 3.05) is 6.61 Å². The number of hydrogen-bond acceptors (Lipinski definition) is 5. The van der Waals surface area contributed by atoms with Crippen LogP contribution in [0, 0.1) is 0 Å². The average molecular weight is 611 g/mol. The van der Waals surface area contributed by atoms with Crippen molar-refractivity contribution in [1.29, 1.82) is 0 Å². The van der Waals surface area contributed by atoms with Crippen molar-refractivity contribution in [3.8, 4) is 11.5 Å². The molecule has 0 saturated heterocycles. The summed E-state index contributed by atoms with van der Waals surface area (Å²) in [6.45, 7) is -0.204. The van der Waals surface area contributed by atoms with Crippen LogP contribution in [0.1, 0.15) is 15.9 Å². The quantitative estimate of drug-likeness (QED) is 0.161. The van der Waals surface area contributed by atoms with Gasteiger partial charge in [0.05, 0.1) is 20.7 Å². The molecule has 0 heterocycles. The van der Waals surface area contributed by atoms with Crippen LogP contribution in [0.3, 0.4) is 0 Å². The second-order valence-electron chi connectivity index (χ2n) is 6.10. The number of rotatable bonds is 7. The van der Waals surface area contributed by atoms with E-state index in [0.29, 0.717) is 26.0 Å². The Morgan fingerprint density at radius 3 is 2.23 bits per heavy atom. The molecule has 0 radical (unpaired) electrons. The van der Waals surface area contributed by atoms with E-state index in [1.807, 2.05) is 18.2 Å². The van der Waals surface area contributed by atoms with Gasteiger partial charge in [-0.25, -0.2) is 10.2 Å². The van der Waals surface area contributed by atoms with Gasteiger partial charge in [-0.15, -0.1) is 0 Å². The lowest BCUT2D eigenvalue weighted by Crippen LogP contribution is -2.24. The van der Waals surface area contributed by atoms with Crippen molar-refractivity contribution < 1.29 is 19.1 Å². The predicted octanol–water partition coefficient (Wildman–Crippen LogP) is 5.72. The van der Waals surface area contributed by atoms with Gasteiger partial charge in [0.1, 0.15) is 11.5 Å². The van der Waals surface area contributed by atoms with Gasteiger partial charge in [0, 0.05) is 4.47 Å². The first kappa shape index (κ1) is 23.2. The molecule has 0 fully saturated rings. The molecule has 0 bridgehead atoms. The number of nitrogens with one attached hydrogen (secondary N) is 1. The molecule has 0 aliphatic rings. The Balaban J connectivity index is 1.48. The normalized spacial score (nSPS) is 10.7. The van der Waals surface area contributed by atoms with E-state index in [0.717, 1.165) is 10.0 Å². The smallest absolute Gasteiger partial charge is 0.343 e. The number of amides is 1. The fourth-order valence-corrected chi connectivity index (χ4v) is 4.87. The van der Waals surface area contributed by atoms with Crippen molar-refractivity contribution in [3.05, 3.63) is 91.3 Å². The van der Waals surface area contributed by atoms with Crippen molar-refractivity contribution >= 4 is 65.9 Å². The van der Waals surface area contributed by atoms with Gasteiger partial charge >= 0.3 is 5.97 Å². The standard InChI is InChI=1S/C22H15Br3N2O4/c23-16-10-18(24)21(19(25)11-16)30-13-20(28)27-26-12-14-6-8-17(9-7-14)31-22(29)15-4-2-1-3-5-15/h1-12H,13H2,(H,27,28)/b26-12+. The highest BCUT2D eigenvalue weighted by molar-refractivity contribution is 9.11. The molecule has 3 aromatic rings. The molecule has 0 spiro atoms. The summed E-state index contributed by atoms with van der Waals surface area (Å²) >= 11 is 10.1. The highest BCUT2D eigenvalue weighted by Crippen LogP contribution is 2.36. The third-order valence-electron chi connectivity index (χ3n) is 3.81. The molecule has 0 aromatic heterocycles. The number of hydrazone groups is 1. The van der Waals surface area contributed by atoms with Gasteiger partial charge in [-0.05, 0) is 86.0 Å². The van der Waals surface area contributed by atoms with Crippen molar-refractivity contribution in [2.45, 2.75) is 0 Å². The van der Waals surface area contributed by atoms with E-state index in [9.17, 15) is 9.59 Å². The fourth-order valence-electron chi connectivity index (χ4n) is 2.38. The molecule has 0 aliphatic carbocycles. The molecule has 31 heavy (non-hydrogen) atoms. The minimum absolute atomic E-state index is 0.204. The van der Waals surface area contributed by atoms with Gasteiger partial charge in [0.2, 0.25) is 0 Å². The molecule has 3 rings (SSSR count). The second-order valence-corrected chi connectivity index (χ2v) is 8.73. The first-order valence-corrected chi connectivity index (χ1v) is 11.3. The van der Waals surface area contributed by atoms with E-state index < -0.39 is 11.9 Å². The molecule has 3 aromatic carbocycles. The molecule has 9 heteroatoms. The van der Waals surface area contributed by atoms with E-state index >= 15 is 0 Å². The zero-order chi connectivity index (χ0) is 22.2. The number of carbonyl (C=O) groups excluding carboxylic acids is 2. The molecule has 0 aliphatic heterocycles. The number of nitrogens with zero attached hydrogens (tertiary/aromatic N) is 1. The summed E-state index contributed by atoms with van der Waals surface area (Å²) in [6, 6.07) is 19.1. The van der Waals surface area contributed by atoms with Crippen LogP contribution in [0.25, 0.3) is 0 Å². The van der Waals surface area contributed by atoms with Gasteiger partial charge in [-0.1, -0.05) is 34.1 Å². The van der Waals surface area contributed by atoms with Crippen LogP contribution in [-0.2, 0) is 4.79 Å². The maximum Gasteiger partial charge on any atom is 0.343 e. The van der Waals surface area contributed by atoms with Crippen LogP contribution in [-0.4, -0.2) is 24.7 Å². The highest BCUT2D eigenvalue weighted by atomic mass is 79.9. The van der Waals surface area contributed by atoms with E-state index in [-0.39, 0.29) is 6.61 Å². The van der Waals surface area contributed by atoms with Crippen LogP contribution in [0.15, 0.2) is 85.2 Å². The van der Waals surface area contributed by atoms with Gasteiger partial charge in [0.15, 0.2) is 6.61 Å². The largest absolute Gasteiger partial charge is 0.481 e. The molecular weight excluding hydrogens is 596 g/mol. The van der Waals surface area contributed by atoms with Crippen LogP contribution in [0.5, 0.6) is 11.5 Å². The zero-order valence-corrected chi connectivity index (χ0v) is 20.6. The Morgan fingerprint density at radius 2 is 1.58 bits per heavy atom. The lowest BCUT2D eigenvalue weighted by atomic mass is 10.2. The summed E-state index contributed by atoms with van der Waals surface area (Å²) in [5.74, 6) is 0.0850. The second kappa shape index (κ2) is 11.2. The number of carbonyl (C=O) groups is 2. The summed E-state index contributed by atoms with van der Waals surface area (Å²) < 4.78 is 13.1. The van der Waals surface area contributed by atoms with Crippen molar-refractivity contribution in [3.63, 3.8) is 0 Å². The van der Waals surface area contributed by atoms with E-state index in [4.69, 9.17) is 9.47 Å². The predicted molar refractivity (Wildman–Crippen MR) is 129 cm³/mol. The Bertz CT molecular complexity index is 1080. The summed E-state index contributed by atoms with van der Waals surface area (Å²) in [4.78, 5) is 24.0. The van der Waals surface area contributed by atoms with Crippen LogP contribution in [0.4, 0.5) is 0 Å². The van der Waals surface area contributed by atoms with E-state index in [1.54, 1.807) is 48.5 Å². The van der Waals surface area contributed by atoms with Crippen LogP contribution < -0.4 is 14.9 Å². The van der Waals surface area contributed by atoms with Crippen LogP contribution >= 0.6 is 47.8 Å². The fraction of sp³-hybridized carbons (Fsp3) is 0.0455. The third-order valence-corrected chi connectivity index (χ3v) is 5.45. The maximum atomic E-state index is 12.1. The first-order chi connectivity index (χ1) is 14.9. The van der Waals surface area contributed by atoms with E-state index in [2.05, 4.69) is 58.3 Å². The molecule has 0 saturated carbocycles. The minimum Gasteiger partial charge on any atom is -0.481 e. The number of esters is 1. The number of ether oxygens (including phenoxy) is 2. The molecular formula is C22H15Br3N2O4. The minimum atomic E-state index is -0.432. The van der Waals surface area contributed by atoms with Gasteiger partial charge in [-0.3, -0.25) is 4.79 Å². The summed E-state index contributed by atoms with van der Waals surface area (Å²) in [5.41, 5.74) is 3.59. The lowest BCUT2D eigenvalue weighted by Gasteiger charge is -2.09. The zero-order valence-electron chi connectivity index (χ0n) is 15.8. The summed E-state index contributed by atoms with van der Waals surface area (Å²) in [6.07, 6.45) is 1.48. The van der Waals surface area contributed by atoms with Gasteiger partial charge < -0.3 is 9.47 Å². The van der Waals surface area contributed by atoms with Crippen molar-refractivity contribution in [1.82, 2.24) is 5.43 Å². The Morgan fingerprint density at radius 1 is 0.935 bits per heavy atom. The first-order valence-electron chi connectivity index (χ1n) is 8.89.